The van der Waals surface area contributed by atoms with Crippen LogP contribution in [0, 0.1) is 25.2 Å². The number of benzene rings is 1. The Balaban J connectivity index is 1.53. The number of hydrogen-bond donors (Lipinski definition) is 2. The first-order valence-electron chi connectivity index (χ1n) is 9.44. The van der Waals surface area contributed by atoms with Crippen LogP contribution in [0.5, 0.6) is 0 Å². The van der Waals surface area contributed by atoms with E-state index in [9.17, 15) is 10.1 Å². The van der Waals surface area contributed by atoms with E-state index >= 15 is 0 Å². The molecule has 31 heavy (non-hydrogen) atoms. The number of aryl methyl sites for hydroxylation is 2. The molecule has 3 aromatic heterocycles. The molecule has 0 spiro atoms. The lowest BCUT2D eigenvalue weighted by Gasteiger charge is -2.10. The molecule has 2 N–H and O–H groups in total. The van der Waals surface area contributed by atoms with Gasteiger partial charge in [0.2, 0.25) is 5.95 Å². The summed E-state index contributed by atoms with van der Waals surface area (Å²) < 4.78 is 1.42. The number of anilines is 3. The van der Waals surface area contributed by atoms with E-state index < -0.39 is 0 Å². The van der Waals surface area contributed by atoms with E-state index in [-0.39, 0.29) is 17.3 Å². The van der Waals surface area contributed by atoms with Gasteiger partial charge >= 0.3 is 0 Å². The predicted molar refractivity (Wildman–Crippen MR) is 115 cm³/mol. The van der Waals surface area contributed by atoms with Crippen molar-refractivity contribution < 1.29 is 4.79 Å². The van der Waals surface area contributed by atoms with Crippen molar-refractivity contribution in [1.29, 1.82) is 5.26 Å². The first kappa shape index (κ1) is 19.7. The Labute approximate surface area is 178 Å². The Kier molecular flexibility index (Phi) is 5.36. The monoisotopic (exact) mass is 410 g/mol. The second-order valence-electron chi connectivity index (χ2n) is 6.75. The molecule has 1 aromatic carbocycles. The van der Waals surface area contributed by atoms with Gasteiger partial charge in [-0.1, -0.05) is 6.07 Å². The highest BCUT2D eigenvalue weighted by Gasteiger charge is 2.16. The molecule has 1 amide bonds. The molecule has 0 saturated carbocycles. The molecule has 0 aliphatic rings. The third-order valence-electron chi connectivity index (χ3n) is 4.37. The lowest BCUT2D eigenvalue weighted by molar-refractivity contribution is 0.102. The van der Waals surface area contributed by atoms with Gasteiger partial charge in [-0.15, -0.1) is 0 Å². The highest BCUT2D eigenvalue weighted by atomic mass is 16.1. The van der Waals surface area contributed by atoms with Gasteiger partial charge in [-0.05, 0) is 56.3 Å². The zero-order valence-corrected chi connectivity index (χ0v) is 16.9. The molecule has 4 aromatic rings. The number of hydrogen-bond acceptors (Lipinski definition) is 7. The normalized spacial score (nSPS) is 10.4. The second kappa shape index (κ2) is 8.42. The zero-order valence-electron chi connectivity index (χ0n) is 16.9. The van der Waals surface area contributed by atoms with Crippen LogP contribution in [0.3, 0.4) is 0 Å². The van der Waals surface area contributed by atoms with Crippen LogP contribution in [0.25, 0.3) is 5.82 Å². The molecular formula is C22H18N8O. The molecule has 0 atom stereocenters. The fourth-order valence-electron chi connectivity index (χ4n) is 3.00. The lowest BCUT2D eigenvalue weighted by atomic mass is 10.2. The van der Waals surface area contributed by atoms with Crippen molar-refractivity contribution in [2.75, 3.05) is 10.6 Å². The van der Waals surface area contributed by atoms with Crippen molar-refractivity contribution in [2.45, 2.75) is 13.8 Å². The third kappa shape index (κ3) is 4.38. The lowest BCUT2D eigenvalue weighted by Crippen LogP contribution is -2.16. The van der Waals surface area contributed by atoms with Gasteiger partial charge in [0.15, 0.2) is 11.6 Å². The van der Waals surface area contributed by atoms with E-state index in [1.165, 1.54) is 10.9 Å². The van der Waals surface area contributed by atoms with Crippen LogP contribution in [0.1, 0.15) is 27.3 Å². The Morgan fingerprint density at radius 3 is 2.45 bits per heavy atom. The number of nitrogens with zero attached hydrogens (tertiary/aromatic N) is 6. The van der Waals surface area contributed by atoms with Crippen LogP contribution in [0.4, 0.5) is 17.5 Å². The number of amides is 1. The molecule has 0 bridgehead atoms. The van der Waals surface area contributed by atoms with Gasteiger partial charge in [0.05, 0.1) is 6.20 Å². The quantitative estimate of drug-likeness (QED) is 0.516. The molecule has 9 nitrogen and oxygen atoms in total. The highest BCUT2D eigenvalue weighted by Crippen LogP contribution is 2.20. The maximum atomic E-state index is 12.8. The van der Waals surface area contributed by atoms with E-state index in [2.05, 4.69) is 30.7 Å². The highest BCUT2D eigenvalue weighted by molar-refractivity contribution is 6.04. The molecule has 152 valence electrons. The number of carbonyl (C=O) groups excluding carboxylic acids is 1. The van der Waals surface area contributed by atoms with Crippen LogP contribution in [-0.4, -0.2) is 30.6 Å². The van der Waals surface area contributed by atoms with Crippen LogP contribution in [0.15, 0.2) is 60.9 Å². The minimum absolute atomic E-state index is 0.240. The molecule has 0 aliphatic heterocycles. The Bertz CT molecular complexity index is 1250. The minimum Gasteiger partial charge on any atom is -0.324 e. The number of aromatic nitrogens is 5. The van der Waals surface area contributed by atoms with Crippen LogP contribution < -0.4 is 10.6 Å². The summed E-state index contributed by atoms with van der Waals surface area (Å²) in [6.45, 7) is 3.80. The molecule has 0 unspecified atom stereocenters. The SMILES string of the molecule is Cc1cc(C)nc(Nc2ccc(C(=O)Nc3c(C#N)cnn3-c3ccccn3)cc2)n1. The Morgan fingerprint density at radius 2 is 1.81 bits per heavy atom. The van der Waals surface area contributed by atoms with Gasteiger partial charge in [0.25, 0.3) is 5.91 Å². The Hall–Kier alpha value is -4.58. The summed E-state index contributed by atoms with van der Waals surface area (Å²) in [7, 11) is 0. The molecule has 3 heterocycles. The van der Waals surface area contributed by atoms with E-state index in [4.69, 9.17) is 0 Å². The summed E-state index contributed by atoms with van der Waals surface area (Å²) in [6, 6.07) is 16.1. The van der Waals surface area contributed by atoms with Gasteiger partial charge in [-0.3, -0.25) is 4.79 Å². The molecule has 0 aliphatic carbocycles. The minimum atomic E-state index is -0.372. The first-order valence-corrected chi connectivity index (χ1v) is 9.44. The van der Waals surface area contributed by atoms with Crippen molar-refractivity contribution in [3.63, 3.8) is 0 Å². The topological polar surface area (TPSA) is 121 Å². The largest absolute Gasteiger partial charge is 0.324 e. The maximum Gasteiger partial charge on any atom is 0.256 e. The van der Waals surface area contributed by atoms with Crippen LogP contribution >= 0.6 is 0 Å². The molecule has 4 rings (SSSR count). The van der Waals surface area contributed by atoms with E-state index in [0.29, 0.717) is 17.3 Å². The van der Waals surface area contributed by atoms with Crippen molar-refractivity contribution in [2.24, 2.45) is 0 Å². The summed E-state index contributed by atoms with van der Waals surface area (Å²) in [4.78, 5) is 25.7. The number of nitrogens with one attached hydrogen (secondary N) is 2. The van der Waals surface area contributed by atoms with Crippen molar-refractivity contribution >= 4 is 23.4 Å². The number of nitriles is 1. The van der Waals surface area contributed by atoms with E-state index in [1.807, 2.05) is 26.0 Å². The molecular weight excluding hydrogens is 392 g/mol. The maximum absolute atomic E-state index is 12.8. The van der Waals surface area contributed by atoms with Crippen molar-refractivity contribution in [1.82, 2.24) is 24.7 Å². The zero-order chi connectivity index (χ0) is 21.8. The average Bonchev–Trinajstić information content (AvgIpc) is 3.16. The fourth-order valence-corrected chi connectivity index (χ4v) is 3.00. The smallest absolute Gasteiger partial charge is 0.256 e. The summed E-state index contributed by atoms with van der Waals surface area (Å²) in [5.74, 6) is 0.875. The van der Waals surface area contributed by atoms with Gasteiger partial charge in [0, 0.05) is 28.8 Å². The standard InChI is InChI=1S/C22H18N8O/c1-14-11-15(2)27-22(26-14)28-18-8-6-16(7-9-18)21(31)29-20-17(12-23)13-25-30(20)19-5-3-4-10-24-19/h3-11,13H,1-2H3,(H,29,31)(H,26,27,28). The molecule has 0 radical (unpaired) electrons. The van der Waals surface area contributed by atoms with Gasteiger partial charge < -0.3 is 10.6 Å². The van der Waals surface area contributed by atoms with Gasteiger partial charge in [-0.2, -0.15) is 15.0 Å². The summed E-state index contributed by atoms with van der Waals surface area (Å²) in [5, 5.41) is 19.4. The predicted octanol–water partition coefficient (Wildman–Crippen LogP) is 3.54. The average molecular weight is 410 g/mol. The van der Waals surface area contributed by atoms with Gasteiger partial charge in [0.1, 0.15) is 11.6 Å². The van der Waals surface area contributed by atoms with E-state index in [1.54, 1.807) is 48.7 Å². The third-order valence-corrected chi connectivity index (χ3v) is 4.37. The van der Waals surface area contributed by atoms with Crippen LogP contribution in [0.2, 0.25) is 0 Å². The fraction of sp³-hybridized carbons (Fsp3) is 0.0909. The van der Waals surface area contributed by atoms with Gasteiger partial charge in [-0.25, -0.2) is 15.0 Å². The summed E-state index contributed by atoms with van der Waals surface area (Å²) in [5.41, 5.74) is 3.14. The summed E-state index contributed by atoms with van der Waals surface area (Å²) in [6.07, 6.45) is 3.00. The molecule has 0 fully saturated rings. The van der Waals surface area contributed by atoms with Crippen molar-refractivity contribution in [3.05, 3.63) is 83.4 Å². The first-order chi connectivity index (χ1) is 15.0. The number of pyridine rings is 1. The molecule has 9 heteroatoms. The molecule has 0 saturated heterocycles. The van der Waals surface area contributed by atoms with E-state index in [0.717, 1.165) is 17.1 Å². The Morgan fingerprint density at radius 1 is 1.06 bits per heavy atom. The van der Waals surface area contributed by atoms with Crippen LogP contribution in [-0.2, 0) is 0 Å². The van der Waals surface area contributed by atoms with Crippen molar-refractivity contribution in [3.8, 4) is 11.9 Å². The number of carbonyl (C=O) groups is 1. The second-order valence-corrected chi connectivity index (χ2v) is 6.75. The summed E-state index contributed by atoms with van der Waals surface area (Å²) >= 11 is 0. The number of rotatable bonds is 5.